The maximum Gasteiger partial charge on any atom is 0.422 e. The summed E-state index contributed by atoms with van der Waals surface area (Å²) in [7, 11) is 0. The zero-order chi connectivity index (χ0) is 13.4. The van der Waals surface area contributed by atoms with E-state index in [2.05, 4.69) is 6.58 Å². The molecule has 9 heteroatoms. The highest BCUT2D eigenvalue weighted by Crippen LogP contribution is 2.43. The third-order valence-electron chi connectivity index (χ3n) is 1.62. The number of rotatable bonds is 4. The molecular formula is C7H5F9. The van der Waals surface area contributed by atoms with E-state index < -0.39 is 36.4 Å². The smallest absolute Gasteiger partial charge is 0.237 e. The Morgan fingerprint density at radius 1 is 0.812 bits per heavy atom. The molecule has 0 aromatic carbocycles. The van der Waals surface area contributed by atoms with Crippen LogP contribution in [-0.4, -0.2) is 30.4 Å². The first kappa shape index (κ1) is 15.1. The van der Waals surface area contributed by atoms with Crippen molar-refractivity contribution in [3.63, 3.8) is 0 Å². The predicted octanol–water partition coefficient (Wildman–Crippen LogP) is 3.68. The van der Waals surface area contributed by atoms with Gasteiger partial charge in [0, 0.05) is 0 Å². The first-order valence-electron chi connectivity index (χ1n) is 3.62. The van der Waals surface area contributed by atoms with Crippen LogP contribution in [0.3, 0.4) is 0 Å². The van der Waals surface area contributed by atoms with Crippen LogP contribution >= 0.6 is 0 Å². The van der Waals surface area contributed by atoms with Crippen molar-refractivity contribution in [1.29, 1.82) is 0 Å². The Morgan fingerprint density at radius 3 is 1.44 bits per heavy atom. The van der Waals surface area contributed by atoms with Crippen LogP contribution in [-0.2, 0) is 0 Å². The lowest BCUT2D eigenvalue weighted by atomic mass is 10.0. The largest absolute Gasteiger partial charge is 0.422 e. The van der Waals surface area contributed by atoms with Gasteiger partial charge < -0.3 is 0 Å². The van der Waals surface area contributed by atoms with Gasteiger partial charge in [0.15, 0.2) is 0 Å². The van der Waals surface area contributed by atoms with Gasteiger partial charge in [-0.3, -0.25) is 0 Å². The number of alkyl halides is 9. The number of allylic oxidation sites excluding steroid dienone is 1. The van der Waals surface area contributed by atoms with Crippen molar-refractivity contribution in [2.75, 3.05) is 0 Å². The van der Waals surface area contributed by atoms with Gasteiger partial charge in [-0.15, -0.1) is 0 Å². The molecule has 96 valence electrons. The van der Waals surface area contributed by atoms with Crippen LogP contribution in [0.4, 0.5) is 39.5 Å². The molecule has 0 amide bonds. The highest BCUT2D eigenvalue weighted by molar-refractivity contribution is 5.04. The summed E-state index contributed by atoms with van der Waals surface area (Å²) in [4.78, 5) is 0. The lowest BCUT2D eigenvalue weighted by Gasteiger charge is -2.29. The first-order valence-corrected chi connectivity index (χ1v) is 3.62. The maximum atomic E-state index is 12.4. The molecule has 0 N–H and O–H groups in total. The summed E-state index contributed by atoms with van der Waals surface area (Å²) in [5, 5.41) is 0. The average molecular weight is 260 g/mol. The molecule has 0 saturated heterocycles. The molecule has 0 rings (SSSR count). The summed E-state index contributed by atoms with van der Waals surface area (Å²) in [5.41, 5.74) is 0. The summed E-state index contributed by atoms with van der Waals surface area (Å²) in [6.45, 7) is 2.20. The van der Waals surface area contributed by atoms with Crippen LogP contribution < -0.4 is 0 Å². The first-order chi connectivity index (χ1) is 6.88. The maximum absolute atomic E-state index is 12.4. The van der Waals surface area contributed by atoms with E-state index in [-0.39, 0.29) is 0 Å². The van der Waals surface area contributed by atoms with Crippen LogP contribution in [0.25, 0.3) is 0 Å². The van der Waals surface area contributed by atoms with Crippen LogP contribution in [0.15, 0.2) is 12.7 Å². The second-order valence-corrected chi connectivity index (χ2v) is 2.80. The highest BCUT2D eigenvalue weighted by atomic mass is 19.4. The molecule has 0 aliphatic heterocycles. The predicted molar refractivity (Wildman–Crippen MR) is 35.9 cm³/mol. The summed E-state index contributed by atoms with van der Waals surface area (Å²) in [6, 6.07) is 0. The minimum absolute atomic E-state index is 0.747. The Kier molecular flexibility index (Phi) is 3.94. The average Bonchev–Trinajstić information content (AvgIpc) is 2.13. The van der Waals surface area contributed by atoms with E-state index in [1.165, 1.54) is 0 Å². The quantitative estimate of drug-likeness (QED) is 0.534. The molecular weight excluding hydrogens is 255 g/mol. The summed E-state index contributed by atoms with van der Waals surface area (Å²) < 4.78 is 108. The molecule has 0 radical (unpaired) electrons. The van der Waals surface area contributed by atoms with Gasteiger partial charge in [-0.2, -0.15) is 30.7 Å². The van der Waals surface area contributed by atoms with Crippen LogP contribution in [0.2, 0.25) is 0 Å². The van der Waals surface area contributed by atoms with Gasteiger partial charge in [-0.25, -0.2) is 8.78 Å². The second kappa shape index (κ2) is 4.17. The normalized spacial score (nSPS) is 18.1. The fourth-order valence-electron chi connectivity index (χ4n) is 0.670. The molecule has 0 saturated carbocycles. The standard InChI is InChI=1S/C7H5F9/c1-2-5(10,11)6(12,13)3(8)4(9)7(14,15)16/h2-4H,1H2. The van der Waals surface area contributed by atoms with Gasteiger partial charge in [-0.1, -0.05) is 6.58 Å². The van der Waals surface area contributed by atoms with Crippen LogP contribution in [0.5, 0.6) is 0 Å². The Labute approximate surface area is 83.7 Å². The van der Waals surface area contributed by atoms with Gasteiger partial charge in [0.1, 0.15) is 0 Å². The Bertz CT molecular complexity index is 253. The molecule has 0 nitrogen and oxygen atoms in total. The number of hydrogen-bond donors (Lipinski definition) is 0. The minimum Gasteiger partial charge on any atom is -0.237 e. The van der Waals surface area contributed by atoms with E-state index in [0.29, 0.717) is 0 Å². The molecule has 2 atom stereocenters. The molecule has 0 heterocycles. The van der Waals surface area contributed by atoms with Crippen molar-refractivity contribution in [1.82, 2.24) is 0 Å². The molecule has 0 fully saturated rings. The SMILES string of the molecule is C=CC(F)(F)C(F)(F)C(F)C(F)C(F)(F)F. The van der Waals surface area contributed by atoms with Crippen molar-refractivity contribution in [2.24, 2.45) is 0 Å². The van der Waals surface area contributed by atoms with Crippen LogP contribution in [0, 0.1) is 0 Å². The number of halogens is 9. The molecule has 0 spiro atoms. The molecule has 0 aromatic heterocycles. The van der Waals surface area contributed by atoms with Crippen molar-refractivity contribution >= 4 is 0 Å². The van der Waals surface area contributed by atoms with E-state index in [0.717, 1.165) is 0 Å². The Balaban J connectivity index is 5.12. The molecule has 0 bridgehead atoms. The lowest BCUT2D eigenvalue weighted by molar-refractivity contribution is -0.266. The molecule has 0 aliphatic carbocycles. The number of hydrogen-bond acceptors (Lipinski definition) is 0. The second-order valence-electron chi connectivity index (χ2n) is 2.80. The van der Waals surface area contributed by atoms with E-state index in [1.54, 1.807) is 0 Å². The zero-order valence-corrected chi connectivity index (χ0v) is 7.34. The minimum atomic E-state index is -5.99. The molecule has 2 unspecified atom stereocenters. The summed E-state index contributed by atoms with van der Waals surface area (Å²) in [6.07, 6.45) is -16.1. The van der Waals surface area contributed by atoms with Crippen molar-refractivity contribution in [3.8, 4) is 0 Å². The molecule has 0 aliphatic rings. The molecule has 0 aromatic rings. The highest BCUT2D eigenvalue weighted by Gasteiger charge is 2.66. The fraction of sp³-hybridized carbons (Fsp3) is 0.714. The topological polar surface area (TPSA) is 0 Å². The summed E-state index contributed by atoms with van der Waals surface area (Å²) in [5.74, 6) is -11.1. The van der Waals surface area contributed by atoms with Gasteiger partial charge >= 0.3 is 18.0 Å². The van der Waals surface area contributed by atoms with E-state index in [1.807, 2.05) is 0 Å². The van der Waals surface area contributed by atoms with Gasteiger partial charge in [0.25, 0.3) is 0 Å². The van der Waals surface area contributed by atoms with Gasteiger partial charge in [-0.05, 0) is 6.08 Å². The van der Waals surface area contributed by atoms with E-state index in [9.17, 15) is 39.5 Å². The third kappa shape index (κ3) is 2.62. The molecule has 16 heavy (non-hydrogen) atoms. The fourth-order valence-corrected chi connectivity index (χ4v) is 0.670. The lowest BCUT2D eigenvalue weighted by Crippen LogP contribution is -2.53. The van der Waals surface area contributed by atoms with Crippen molar-refractivity contribution in [3.05, 3.63) is 12.7 Å². The van der Waals surface area contributed by atoms with Crippen molar-refractivity contribution in [2.45, 2.75) is 30.4 Å². The monoisotopic (exact) mass is 260 g/mol. The van der Waals surface area contributed by atoms with Crippen molar-refractivity contribution < 1.29 is 39.5 Å². The van der Waals surface area contributed by atoms with Crippen LogP contribution in [0.1, 0.15) is 0 Å². The van der Waals surface area contributed by atoms with E-state index in [4.69, 9.17) is 0 Å². The summed E-state index contributed by atoms with van der Waals surface area (Å²) >= 11 is 0. The Hall–Kier alpha value is -0.890. The third-order valence-corrected chi connectivity index (χ3v) is 1.62. The zero-order valence-electron chi connectivity index (χ0n) is 7.34. The van der Waals surface area contributed by atoms with Gasteiger partial charge in [0.05, 0.1) is 0 Å². The Morgan fingerprint density at radius 2 is 1.19 bits per heavy atom. The van der Waals surface area contributed by atoms with E-state index >= 15 is 0 Å². The van der Waals surface area contributed by atoms with Gasteiger partial charge in [0.2, 0.25) is 12.3 Å².